The predicted octanol–water partition coefficient (Wildman–Crippen LogP) is 5.01. The van der Waals surface area contributed by atoms with Crippen LogP contribution in [0.5, 0.6) is 0 Å². The second kappa shape index (κ2) is 6.62. The summed E-state index contributed by atoms with van der Waals surface area (Å²) in [5.41, 5.74) is 7.02. The summed E-state index contributed by atoms with van der Waals surface area (Å²) in [6, 6.07) is 1.86. The molecule has 19 heavy (non-hydrogen) atoms. The number of nitrogens with two attached hydrogens (primary N) is 1. The molecule has 104 valence electrons. The minimum absolute atomic E-state index is 0.0185. The van der Waals surface area contributed by atoms with Crippen LogP contribution in [0.4, 0.5) is 8.78 Å². The van der Waals surface area contributed by atoms with Crippen molar-refractivity contribution in [2.24, 2.45) is 5.73 Å². The fourth-order valence-electron chi connectivity index (χ4n) is 2.53. The van der Waals surface area contributed by atoms with Crippen molar-refractivity contribution in [3.63, 3.8) is 0 Å². The Morgan fingerprint density at radius 1 is 1.05 bits per heavy atom. The van der Waals surface area contributed by atoms with Gasteiger partial charge in [-0.05, 0) is 37.8 Å². The highest BCUT2D eigenvalue weighted by Crippen LogP contribution is 2.31. The molecule has 0 spiro atoms. The molecule has 0 fully saturated rings. The maximum atomic E-state index is 13.9. The topological polar surface area (TPSA) is 26.0 Å². The summed E-state index contributed by atoms with van der Waals surface area (Å²) in [5.74, 6) is -1.16. The lowest BCUT2D eigenvalue weighted by atomic mass is 9.91. The average molecular weight is 330 g/mol. The number of hydrogen-bond donors (Lipinski definition) is 1. The molecule has 0 saturated carbocycles. The van der Waals surface area contributed by atoms with Gasteiger partial charge in [0.1, 0.15) is 11.6 Å². The van der Waals surface area contributed by atoms with E-state index in [9.17, 15) is 8.78 Å². The van der Waals surface area contributed by atoms with Gasteiger partial charge < -0.3 is 5.73 Å². The van der Waals surface area contributed by atoms with Crippen LogP contribution in [0.25, 0.3) is 0 Å². The third kappa shape index (κ3) is 3.63. The first kappa shape index (κ1) is 14.7. The molecule has 1 nitrogen and oxygen atoms in total. The number of rotatable bonds is 2. The van der Waals surface area contributed by atoms with Gasteiger partial charge in [-0.1, -0.05) is 40.4 Å². The van der Waals surface area contributed by atoms with Crippen molar-refractivity contribution >= 4 is 15.9 Å². The summed E-state index contributed by atoms with van der Waals surface area (Å²) >= 11 is 3.08. The van der Waals surface area contributed by atoms with Crippen molar-refractivity contribution in [2.75, 3.05) is 0 Å². The lowest BCUT2D eigenvalue weighted by Crippen LogP contribution is -2.17. The fraction of sp³-hybridized carbons (Fsp3) is 0.467. The van der Waals surface area contributed by atoms with Gasteiger partial charge in [0.05, 0.1) is 6.04 Å². The van der Waals surface area contributed by atoms with E-state index < -0.39 is 17.7 Å². The normalized spacial score (nSPS) is 18.4. The van der Waals surface area contributed by atoms with E-state index >= 15 is 0 Å². The number of allylic oxidation sites excluding steroid dienone is 1. The summed E-state index contributed by atoms with van der Waals surface area (Å²) in [6.45, 7) is 0. The van der Waals surface area contributed by atoms with E-state index in [-0.39, 0.29) is 5.56 Å². The second-order valence-corrected chi connectivity index (χ2v) is 5.91. The molecule has 0 amide bonds. The average Bonchev–Trinajstić information content (AvgIpc) is 2.26. The van der Waals surface area contributed by atoms with Gasteiger partial charge in [0.15, 0.2) is 0 Å². The maximum absolute atomic E-state index is 13.9. The monoisotopic (exact) mass is 329 g/mol. The molecular formula is C15H18BrF2N. The second-order valence-electron chi connectivity index (χ2n) is 4.99. The van der Waals surface area contributed by atoms with Crippen molar-refractivity contribution in [3.8, 4) is 0 Å². The molecule has 0 aromatic heterocycles. The zero-order valence-corrected chi connectivity index (χ0v) is 12.3. The molecule has 0 radical (unpaired) electrons. The lowest BCUT2D eigenvalue weighted by Gasteiger charge is -2.20. The Balaban J connectivity index is 2.30. The minimum Gasteiger partial charge on any atom is -0.320 e. The molecule has 0 bridgehead atoms. The number of hydrogen-bond acceptors (Lipinski definition) is 1. The van der Waals surface area contributed by atoms with Crippen LogP contribution in [0.3, 0.4) is 0 Å². The van der Waals surface area contributed by atoms with E-state index in [1.54, 1.807) is 0 Å². The van der Waals surface area contributed by atoms with Gasteiger partial charge in [0.2, 0.25) is 0 Å². The molecular weight excluding hydrogens is 312 g/mol. The van der Waals surface area contributed by atoms with Crippen LogP contribution >= 0.6 is 15.9 Å². The van der Waals surface area contributed by atoms with Gasteiger partial charge in [0, 0.05) is 10.0 Å². The van der Waals surface area contributed by atoms with Crippen LogP contribution in [-0.4, -0.2) is 0 Å². The van der Waals surface area contributed by atoms with Gasteiger partial charge in [-0.15, -0.1) is 0 Å². The van der Waals surface area contributed by atoms with Crippen LogP contribution in [0.1, 0.15) is 50.1 Å². The van der Waals surface area contributed by atoms with Crippen LogP contribution in [-0.2, 0) is 0 Å². The summed E-state index contributed by atoms with van der Waals surface area (Å²) in [7, 11) is 0. The standard InChI is InChI=1S/C15H18BrF2N/c16-11-8-12(17)14(13(18)9-11)15(19)10-6-4-2-1-3-5-7-10/h6,8-9,15H,1-5,7,19H2. The van der Waals surface area contributed by atoms with Crippen LogP contribution in [0, 0.1) is 11.6 Å². The van der Waals surface area contributed by atoms with Crippen molar-refractivity contribution in [1.82, 2.24) is 0 Å². The first-order valence-corrected chi connectivity index (χ1v) is 7.48. The molecule has 0 heterocycles. The third-order valence-corrected chi connectivity index (χ3v) is 4.04. The molecule has 4 heteroatoms. The Kier molecular flexibility index (Phi) is 5.11. The lowest BCUT2D eigenvalue weighted by molar-refractivity contribution is 0.529. The molecule has 0 saturated heterocycles. The fourth-order valence-corrected chi connectivity index (χ4v) is 2.94. The molecule has 1 unspecified atom stereocenters. The Morgan fingerprint density at radius 2 is 1.68 bits per heavy atom. The summed E-state index contributed by atoms with van der Waals surface area (Å²) in [5, 5.41) is 0. The highest BCUT2D eigenvalue weighted by molar-refractivity contribution is 9.10. The van der Waals surface area contributed by atoms with Gasteiger partial charge >= 0.3 is 0 Å². The molecule has 2 N–H and O–H groups in total. The molecule has 1 aromatic carbocycles. The summed E-state index contributed by atoms with van der Waals surface area (Å²) < 4.78 is 28.2. The largest absolute Gasteiger partial charge is 0.320 e. The van der Waals surface area contributed by atoms with Crippen LogP contribution in [0.2, 0.25) is 0 Å². The third-order valence-electron chi connectivity index (χ3n) is 3.58. The van der Waals surface area contributed by atoms with Crippen molar-refractivity contribution in [1.29, 1.82) is 0 Å². The highest BCUT2D eigenvalue weighted by atomic mass is 79.9. The highest BCUT2D eigenvalue weighted by Gasteiger charge is 2.21. The quantitative estimate of drug-likeness (QED) is 0.758. The van der Waals surface area contributed by atoms with Gasteiger partial charge in [-0.2, -0.15) is 0 Å². The maximum Gasteiger partial charge on any atom is 0.132 e. The summed E-state index contributed by atoms with van der Waals surface area (Å²) in [4.78, 5) is 0. The molecule has 0 aliphatic heterocycles. The van der Waals surface area contributed by atoms with Crippen LogP contribution < -0.4 is 5.73 Å². The number of halogens is 3. The Hall–Kier alpha value is -0.740. The zero-order chi connectivity index (χ0) is 13.8. The van der Waals surface area contributed by atoms with E-state index in [1.807, 2.05) is 0 Å². The smallest absolute Gasteiger partial charge is 0.132 e. The van der Waals surface area contributed by atoms with Gasteiger partial charge in [0.25, 0.3) is 0 Å². The van der Waals surface area contributed by atoms with E-state index in [0.717, 1.165) is 37.7 Å². The molecule has 1 aromatic rings. The molecule has 1 aliphatic carbocycles. The van der Waals surface area contributed by atoms with Crippen molar-refractivity contribution in [2.45, 2.75) is 44.6 Å². The van der Waals surface area contributed by atoms with Crippen molar-refractivity contribution in [3.05, 3.63) is 45.5 Å². The first-order chi connectivity index (χ1) is 9.09. The number of benzene rings is 1. The van der Waals surface area contributed by atoms with E-state index in [0.29, 0.717) is 4.47 Å². The van der Waals surface area contributed by atoms with E-state index in [1.165, 1.54) is 18.6 Å². The SMILES string of the molecule is NC(C1=CCCCCCC1)c1c(F)cc(Br)cc1F. The van der Waals surface area contributed by atoms with E-state index in [4.69, 9.17) is 5.73 Å². The molecule has 1 atom stereocenters. The van der Waals surface area contributed by atoms with Gasteiger partial charge in [-0.3, -0.25) is 0 Å². The van der Waals surface area contributed by atoms with Crippen LogP contribution in [0.15, 0.2) is 28.3 Å². The van der Waals surface area contributed by atoms with Crippen molar-refractivity contribution < 1.29 is 8.78 Å². The molecule has 2 rings (SSSR count). The van der Waals surface area contributed by atoms with E-state index in [2.05, 4.69) is 22.0 Å². The Bertz CT molecular complexity index is 462. The predicted molar refractivity (Wildman–Crippen MR) is 76.8 cm³/mol. The first-order valence-electron chi connectivity index (χ1n) is 6.68. The zero-order valence-electron chi connectivity index (χ0n) is 10.8. The minimum atomic E-state index is -0.675. The molecule has 1 aliphatic rings. The Labute approximate surface area is 121 Å². The Morgan fingerprint density at radius 3 is 2.37 bits per heavy atom. The van der Waals surface area contributed by atoms with Gasteiger partial charge in [-0.25, -0.2) is 8.78 Å². The summed E-state index contributed by atoms with van der Waals surface area (Å²) in [6.07, 6.45) is 8.39.